The zero-order valence-corrected chi connectivity index (χ0v) is 13.6. The Balaban J connectivity index is 1.76. The van der Waals surface area contributed by atoms with Crippen LogP contribution >= 0.6 is 11.8 Å². The summed E-state index contributed by atoms with van der Waals surface area (Å²) in [5.74, 6) is -0.650. The summed E-state index contributed by atoms with van der Waals surface area (Å²) < 4.78 is 27.4. The number of halogens is 2. The molecule has 1 aliphatic heterocycles. The molecule has 7 heteroatoms. The number of thioether (sulfide) groups is 1. The molecule has 24 heavy (non-hydrogen) atoms. The average Bonchev–Trinajstić information content (AvgIpc) is 2.83. The van der Waals surface area contributed by atoms with Crippen LogP contribution in [0.4, 0.5) is 8.78 Å². The first-order valence-electron chi connectivity index (χ1n) is 7.60. The molecule has 0 spiro atoms. The molecule has 1 aromatic heterocycles. The number of nitrogens with zero attached hydrogens (tertiary/aromatic N) is 1. The SMILES string of the molecule is O=C(c1ccc[nH]c1=O)N1CCSC(c2cc(F)ccc2F)CC1. The van der Waals surface area contributed by atoms with Crippen molar-refractivity contribution >= 4 is 17.7 Å². The van der Waals surface area contributed by atoms with Gasteiger partial charge in [-0.3, -0.25) is 9.59 Å². The van der Waals surface area contributed by atoms with Crippen molar-refractivity contribution in [3.05, 3.63) is 69.6 Å². The predicted molar refractivity (Wildman–Crippen MR) is 89.1 cm³/mol. The summed E-state index contributed by atoms with van der Waals surface area (Å²) in [4.78, 5) is 28.3. The van der Waals surface area contributed by atoms with Crippen LogP contribution in [0.5, 0.6) is 0 Å². The number of aromatic amines is 1. The van der Waals surface area contributed by atoms with E-state index < -0.39 is 17.2 Å². The standard InChI is InChI=1S/C17H16F2N2O2S/c18-11-3-4-14(19)13(10-11)15-5-7-21(8-9-24-15)17(23)12-2-1-6-20-16(12)22/h1-4,6,10,15H,5,7-9H2,(H,20,22). The van der Waals surface area contributed by atoms with E-state index in [0.717, 1.165) is 12.1 Å². The second-order valence-corrected chi connectivity index (χ2v) is 6.83. The lowest BCUT2D eigenvalue weighted by atomic mass is 10.1. The molecule has 1 atom stereocenters. The Morgan fingerprint density at radius 1 is 1.25 bits per heavy atom. The number of amides is 1. The van der Waals surface area contributed by atoms with Gasteiger partial charge in [0.05, 0.1) is 0 Å². The highest BCUT2D eigenvalue weighted by atomic mass is 32.2. The third-order valence-electron chi connectivity index (χ3n) is 3.98. The number of pyridine rings is 1. The fourth-order valence-electron chi connectivity index (χ4n) is 2.74. The molecule has 1 unspecified atom stereocenters. The third kappa shape index (κ3) is 3.51. The zero-order valence-electron chi connectivity index (χ0n) is 12.8. The molecule has 1 aliphatic rings. The molecule has 1 fully saturated rings. The van der Waals surface area contributed by atoms with Crippen LogP contribution in [-0.4, -0.2) is 34.6 Å². The molecule has 1 saturated heterocycles. The van der Waals surface area contributed by atoms with Gasteiger partial charge in [-0.15, -0.1) is 0 Å². The van der Waals surface area contributed by atoms with Gasteiger partial charge in [-0.05, 0) is 36.8 Å². The van der Waals surface area contributed by atoms with E-state index in [4.69, 9.17) is 0 Å². The molecule has 1 aromatic carbocycles. The molecular weight excluding hydrogens is 334 g/mol. The van der Waals surface area contributed by atoms with Crippen molar-refractivity contribution in [2.45, 2.75) is 11.7 Å². The van der Waals surface area contributed by atoms with Crippen LogP contribution in [0.2, 0.25) is 0 Å². The Morgan fingerprint density at radius 2 is 2.08 bits per heavy atom. The van der Waals surface area contributed by atoms with Crippen LogP contribution in [0.15, 0.2) is 41.3 Å². The maximum Gasteiger partial charge on any atom is 0.260 e. The number of hydrogen-bond donors (Lipinski definition) is 1. The lowest BCUT2D eigenvalue weighted by molar-refractivity contribution is 0.0764. The second kappa shape index (κ2) is 7.17. The number of benzene rings is 1. The van der Waals surface area contributed by atoms with Crippen LogP contribution < -0.4 is 5.56 Å². The van der Waals surface area contributed by atoms with Gasteiger partial charge in [-0.25, -0.2) is 8.78 Å². The first kappa shape index (κ1) is 16.7. The van der Waals surface area contributed by atoms with E-state index in [1.54, 1.807) is 11.0 Å². The minimum absolute atomic E-state index is 0.0953. The summed E-state index contributed by atoms with van der Waals surface area (Å²) in [6.45, 7) is 0.853. The first-order valence-corrected chi connectivity index (χ1v) is 8.64. The molecule has 2 aromatic rings. The Bertz CT molecular complexity index is 809. The summed E-state index contributed by atoms with van der Waals surface area (Å²) in [5.41, 5.74) is -0.00290. The molecule has 3 rings (SSSR count). The highest BCUT2D eigenvalue weighted by molar-refractivity contribution is 7.99. The maximum absolute atomic E-state index is 14.0. The van der Waals surface area contributed by atoms with Gasteiger partial charge >= 0.3 is 0 Å². The van der Waals surface area contributed by atoms with E-state index in [-0.39, 0.29) is 16.7 Å². The number of rotatable bonds is 2. The minimum atomic E-state index is -0.472. The smallest absolute Gasteiger partial charge is 0.260 e. The van der Waals surface area contributed by atoms with E-state index in [0.29, 0.717) is 30.8 Å². The van der Waals surface area contributed by atoms with Crippen LogP contribution in [0.1, 0.15) is 27.6 Å². The van der Waals surface area contributed by atoms with Crippen molar-refractivity contribution in [3.8, 4) is 0 Å². The summed E-state index contributed by atoms with van der Waals surface area (Å²) in [5, 5.41) is -0.215. The van der Waals surface area contributed by atoms with Gasteiger partial charge in [0.25, 0.3) is 11.5 Å². The molecule has 1 N–H and O–H groups in total. The molecule has 2 heterocycles. The van der Waals surface area contributed by atoms with Gasteiger partial charge in [0, 0.05) is 35.9 Å². The fourth-order valence-corrected chi connectivity index (χ4v) is 3.99. The second-order valence-electron chi connectivity index (χ2n) is 5.52. The highest BCUT2D eigenvalue weighted by Gasteiger charge is 2.25. The monoisotopic (exact) mass is 350 g/mol. The molecule has 0 saturated carbocycles. The summed E-state index contributed by atoms with van der Waals surface area (Å²) in [6, 6.07) is 6.53. The molecular formula is C17H16F2N2O2S. The van der Waals surface area contributed by atoms with Gasteiger partial charge in [0.2, 0.25) is 0 Å². The van der Waals surface area contributed by atoms with E-state index in [1.807, 2.05) is 0 Å². The van der Waals surface area contributed by atoms with Crippen LogP contribution in [0.3, 0.4) is 0 Å². The summed E-state index contributed by atoms with van der Waals surface area (Å²) >= 11 is 1.49. The number of nitrogens with one attached hydrogen (secondary N) is 1. The molecule has 1 amide bonds. The number of H-pyrrole nitrogens is 1. The summed E-state index contributed by atoms with van der Waals surface area (Å²) in [7, 11) is 0. The zero-order chi connectivity index (χ0) is 17.1. The molecule has 0 aliphatic carbocycles. The Hall–Kier alpha value is -2.15. The normalized spacial score (nSPS) is 18.2. The molecule has 4 nitrogen and oxygen atoms in total. The van der Waals surface area contributed by atoms with Crippen molar-refractivity contribution in [2.75, 3.05) is 18.8 Å². The number of carbonyl (C=O) groups excluding carboxylic acids is 1. The van der Waals surface area contributed by atoms with Crippen LogP contribution in [-0.2, 0) is 0 Å². The van der Waals surface area contributed by atoms with Crippen LogP contribution in [0.25, 0.3) is 0 Å². The Kier molecular flexibility index (Phi) is 4.99. The van der Waals surface area contributed by atoms with Crippen molar-refractivity contribution in [2.24, 2.45) is 0 Å². The fraction of sp³-hybridized carbons (Fsp3) is 0.294. The van der Waals surface area contributed by atoms with E-state index in [9.17, 15) is 18.4 Å². The van der Waals surface area contributed by atoms with Gasteiger partial charge < -0.3 is 9.88 Å². The van der Waals surface area contributed by atoms with E-state index in [2.05, 4.69) is 4.98 Å². The number of aromatic nitrogens is 1. The lowest BCUT2D eigenvalue weighted by Gasteiger charge is -2.20. The van der Waals surface area contributed by atoms with Gasteiger partial charge in [0.15, 0.2) is 0 Å². The minimum Gasteiger partial charge on any atom is -0.338 e. The average molecular weight is 350 g/mol. The Morgan fingerprint density at radius 3 is 2.88 bits per heavy atom. The highest BCUT2D eigenvalue weighted by Crippen LogP contribution is 2.36. The first-order chi connectivity index (χ1) is 11.6. The topological polar surface area (TPSA) is 53.2 Å². The number of hydrogen-bond acceptors (Lipinski definition) is 3. The van der Waals surface area contributed by atoms with Crippen molar-refractivity contribution in [1.29, 1.82) is 0 Å². The van der Waals surface area contributed by atoms with Crippen molar-refractivity contribution in [1.82, 2.24) is 9.88 Å². The van der Waals surface area contributed by atoms with Crippen molar-refractivity contribution < 1.29 is 13.6 Å². The molecule has 126 valence electrons. The quantitative estimate of drug-likeness (QED) is 0.906. The van der Waals surface area contributed by atoms with Crippen LogP contribution in [0, 0.1) is 11.6 Å². The molecule has 0 bridgehead atoms. The Labute approximate surface area is 141 Å². The van der Waals surface area contributed by atoms with Gasteiger partial charge in [-0.2, -0.15) is 11.8 Å². The maximum atomic E-state index is 14.0. The lowest BCUT2D eigenvalue weighted by Crippen LogP contribution is -2.36. The largest absolute Gasteiger partial charge is 0.338 e. The van der Waals surface area contributed by atoms with E-state index in [1.165, 1.54) is 30.1 Å². The molecule has 0 radical (unpaired) electrons. The van der Waals surface area contributed by atoms with E-state index >= 15 is 0 Å². The third-order valence-corrected chi connectivity index (χ3v) is 5.29. The van der Waals surface area contributed by atoms with Gasteiger partial charge in [-0.1, -0.05) is 0 Å². The van der Waals surface area contributed by atoms with Gasteiger partial charge in [0.1, 0.15) is 17.2 Å². The predicted octanol–water partition coefficient (Wildman–Crippen LogP) is 2.97. The van der Waals surface area contributed by atoms with Crippen molar-refractivity contribution in [3.63, 3.8) is 0 Å². The number of carbonyl (C=O) groups is 1. The summed E-state index contributed by atoms with van der Waals surface area (Å²) in [6.07, 6.45) is 1.97.